The summed E-state index contributed by atoms with van der Waals surface area (Å²) >= 11 is 3.56. The third-order valence-electron chi connectivity index (χ3n) is 1.62. The predicted octanol–water partition coefficient (Wildman–Crippen LogP) is 1.33. The molecule has 0 aliphatic carbocycles. The standard InChI is InChI=1S/C8H15N3S2/c1-12-6-4-8-11-10-7(13-8)3-2-5-9/h2-6,9H2,1H3. The lowest BCUT2D eigenvalue weighted by atomic mass is 10.3. The highest BCUT2D eigenvalue weighted by molar-refractivity contribution is 7.98. The minimum absolute atomic E-state index is 0.736. The number of hydrogen-bond acceptors (Lipinski definition) is 5. The average molecular weight is 217 g/mol. The van der Waals surface area contributed by atoms with Crippen molar-refractivity contribution in [2.75, 3.05) is 18.6 Å². The topological polar surface area (TPSA) is 51.8 Å². The van der Waals surface area contributed by atoms with Crippen molar-refractivity contribution in [2.45, 2.75) is 19.3 Å². The fourth-order valence-corrected chi connectivity index (χ4v) is 2.35. The van der Waals surface area contributed by atoms with Crippen molar-refractivity contribution in [2.24, 2.45) is 5.73 Å². The van der Waals surface area contributed by atoms with E-state index in [0.717, 1.165) is 41.6 Å². The summed E-state index contributed by atoms with van der Waals surface area (Å²) in [7, 11) is 0. The normalized spacial score (nSPS) is 10.6. The molecular weight excluding hydrogens is 202 g/mol. The number of aryl methyl sites for hydroxylation is 2. The largest absolute Gasteiger partial charge is 0.330 e. The van der Waals surface area contributed by atoms with E-state index in [9.17, 15) is 0 Å². The van der Waals surface area contributed by atoms with Crippen LogP contribution in [0.1, 0.15) is 16.4 Å². The van der Waals surface area contributed by atoms with Gasteiger partial charge in [0.2, 0.25) is 0 Å². The summed E-state index contributed by atoms with van der Waals surface area (Å²) in [6.45, 7) is 0.736. The molecule has 74 valence electrons. The Balaban J connectivity index is 2.34. The van der Waals surface area contributed by atoms with Crippen LogP contribution in [0, 0.1) is 0 Å². The lowest BCUT2D eigenvalue weighted by Gasteiger charge is -1.90. The number of nitrogens with two attached hydrogens (primary N) is 1. The van der Waals surface area contributed by atoms with Gasteiger partial charge in [-0.15, -0.1) is 21.5 Å². The predicted molar refractivity (Wildman–Crippen MR) is 59.4 cm³/mol. The van der Waals surface area contributed by atoms with E-state index in [-0.39, 0.29) is 0 Å². The van der Waals surface area contributed by atoms with Crippen molar-refractivity contribution >= 4 is 23.1 Å². The first-order valence-electron chi connectivity index (χ1n) is 4.37. The van der Waals surface area contributed by atoms with Crippen LogP contribution in [-0.4, -0.2) is 28.8 Å². The van der Waals surface area contributed by atoms with E-state index in [0.29, 0.717) is 0 Å². The van der Waals surface area contributed by atoms with Crippen LogP contribution in [0.2, 0.25) is 0 Å². The minimum atomic E-state index is 0.736. The maximum absolute atomic E-state index is 5.42. The quantitative estimate of drug-likeness (QED) is 0.781. The van der Waals surface area contributed by atoms with Gasteiger partial charge in [-0.25, -0.2) is 0 Å². The summed E-state index contributed by atoms with van der Waals surface area (Å²) in [6, 6.07) is 0. The van der Waals surface area contributed by atoms with E-state index in [1.807, 2.05) is 11.8 Å². The smallest absolute Gasteiger partial charge is 0.118 e. The molecule has 0 radical (unpaired) electrons. The van der Waals surface area contributed by atoms with Gasteiger partial charge in [-0.2, -0.15) is 11.8 Å². The van der Waals surface area contributed by atoms with Crippen molar-refractivity contribution in [1.82, 2.24) is 10.2 Å². The highest BCUT2D eigenvalue weighted by Crippen LogP contribution is 2.13. The van der Waals surface area contributed by atoms with Gasteiger partial charge in [0.1, 0.15) is 10.0 Å². The summed E-state index contributed by atoms with van der Waals surface area (Å²) in [5, 5.41) is 10.5. The lowest BCUT2D eigenvalue weighted by Crippen LogP contribution is -1.99. The van der Waals surface area contributed by atoms with Crippen molar-refractivity contribution < 1.29 is 0 Å². The Hall–Kier alpha value is -0.130. The zero-order valence-corrected chi connectivity index (χ0v) is 9.46. The zero-order valence-electron chi connectivity index (χ0n) is 7.82. The molecule has 1 aromatic heterocycles. The highest BCUT2D eigenvalue weighted by atomic mass is 32.2. The Bertz CT molecular complexity index is 215. The van der Waals surface area contributed by atoms with Crippen LogP contribution in [-0.2, 0) is 12.8 Å². The summed E-state index contributed by atoms with van der Waals surface area (Å²) < 4.78 is 0. The molecule has 1 heterocycles. The van der Waals surface area contributed by atoms with Crippen LogP contribution in [0.15, 0.2) is 0 Å². The third kappa shape index (κ3) is 4.06. The second-order valence-corrected chi connectivity index (χ2v) is 4.86. The molecule has 0 aliphatic rings. The Kier molecular flexibility index (Phi) is 5.34. The van der Waals surface area contributed by atoms with Gasteiger partial charge in [0.05, 0.1) is 0 Å². The Morgan fingerprint density at radius 1 is 1.31 bits per heavy atom. The fraction of sp³-hybridized carbons (Fsp3) is 0.750. The highest BCUT2D eigenvalue weighted by Gasteiger charge is 2.02. The molecule has 0 saturated heterocycles. The number of hydrogen-bond donors (Lipinski definition) is 1. The summed E-state index contributed by atoms with van der Waals surface area (Å²) in [5.41, 5.74) is 5.42. The van der Waals surface area contributed by atoms with Crippen molar-refractivity contribution in [1.29, 1.82) is 0 Å². The first-order chi connectivity index (χ1) is 6.36. The number of nitrogens with zero attached hydrogens (tertiary/aromatic N) is 2. The fourth-order valence-electron chi connectivity index (χ4n) is 0.933. The van der Waals surface area contributed by atoms with Crippen LogP contribution < -0.4 is 5.73 Å². The van der Waals surface area contributed by atoms with Crippen molar-refractivity contribution in [3.8, 4) is 0 Å². The van der Waals surface area contributed by atoms with Gasteiger partial charge in [0, 0.05) is 12.8 Å². The molecule has 1 aromatic rings. The molecule has 0 aliphatic heterocycles. The van der Waals surface area contributed by atoms with Crippen LogP contribution in [0.3, 0.4) is 0 Å². The molecule has 13 heavy (non-hydrogen) atoms. The van der Waals surface area contributed by atoms with Gasteiger partial charge < -0.3 is 5.73 Å². The molecule has 1 rings (SSSR count). The van der Waals surface area contributed by atoms with E-state index in [2.05, 4.69) is 16.5 Å². The summed E-state index contributed by atoms with van der Waals surface area (Å²) in [4.78, 5) is 0. The Morgan fingerprint density at radius 3 is 2.62 bits per heavy atom. The zero-order chi connectivity index (χ0) is 9.52. The van der Waals surface area contributed by atoms with Gasteiger partial charge in [-0.3, -0.25) is 0 Å². The first-order valence-corrected chi connectivity index (χ1v) is 6.58. The van der Waals surface area contributed by atoms with E-state index in [1.165, 1.54) is 0 Å². The molecule has 2 N–H and O–H groups in total. The Morgan fingerprint density at radius 2 is 2.00 bits per heavy atom. The third-order valence-corrected chi connectivity index (χ3v) is 3.28. The Labute approximate surface area is 87.1 Å². The van der Waals surface area contributed by atoms with Gasteiger partial charge in [0.25, 0.3) is 0 Å². The second-order valence-electron chi connectivity index (χ2n) is 2.72. The monoisotopic (exact) mass is 217 g/mol. The van der Waals surface area contributed by atoms with Gasteiger partial charge >= 0.3 is 0 Å². The molecule has 0 saturated carbocycles. The second kappa shape index (κ2) is 6.34. The van der Waals surface area contributed by atoms with Crippen LogP contribution in [0.25, 0.3) is 0 Å². The van der Waals surface area contributed by atoms with E-state index in [4.69, 9.17) is 5.73 Å². The average Bonchev–Trinajstić information content (AvgIpc) is 2.59. The molecular formula is C8H15N3S2. The van der Waals surface area contributed by atoms with Gasteiger partial charge in [-0.1, -0.05) is 0 Å². The molecule has 0 fully saturated rings. The minimum Gasteiger partial charge on any atom is -0.330 e. The maximum atomic E-state index is 5.42. The van der Waals surface area contributed by atoms with Crippen LogP contribution in [0.5, 0.6) is 0 Å². The molecule has 5 heteroatoms. The molecule has 3 nitrogen and oxygen atoms in total. The molecule has 0 unspecified atom stereocenters. The number of aromatic nitrogens is 2. The first kappa shape index (κ1) is 10.9. The summed E-state index contributed by atoms with van der Waals surface area (Å²) in [6.07, 6.45) is 5.14. The lowest BCUT2D eigenvalue weighted by molar-refractivity contribution is 0.809. The van der Waals surface area contributed by atoms with Crippen molar-refractivity contribution in [3.05, 3.63) is 10.0 Å². The maximum Gasteiger partial charge on any atom is 0.118 e. The van der Waals surface area contributed by atoms with E-state index in [1.54, 1.807) is 11.3 Å². The SMILES string of the molecule is CSCCc1nnc(CCCN)s1. The van der Waals surface area contributed by atoms with Crippen LogP contribution >= 0.6 is 23.1 Å². The van der Waals surface area contributed by atoms with E-state index < -0.39 is 0 Å². The molecule has 0 aromatic carbocycles. The number of rotatable bonds is 6. The van der Waals surface area contributed by atoms with E-state index >= 15 is 0 Å². The number of thioether (sulfide) groups is 1. The molecule has 0 spiro atoms. The van der Waals surface area contributed by atoms with Crippen molar-refractivity contribution in [3.63, 3.8) is 0 Å². The summed E-state index contributed by atoms with van der Waals surface area (Å²) in [5.74, 6) is 1.13. The van der Waals surface area contributed by atoms with Gasteiger partial charge in [0.15, 0.2) is 0 Å². The van der Waals surface area contributed by atoms with Crippen LogP contribution in [0.4, 0.5) is 0 Å². The van der Waals surface area contributed by atoms with Gasteiger partial charge in [-0.05, 0) is 25.0 Å². The molecule has 0 atom stereocenters. The molecule has 0 bridgehead atoms. The molecule has 0 amide bonds.